The summed E-state index contributed by atoms with van der Waals surface area (Å²) in [5.74, 6) is 0.393. The molecule has 0 spiro atoms. The average Bonchev–Trinajstić information content (AvgIpc) is 2.46. The van der Waals surface area contributed by atoms with Crippen LogP contribution in [0, 0.1) is 5.92 Å². The molecular formula is C15H24N2O3S. The van der Waals surface area contributed by atoms with Crippen molar-refractivity contribution in [2.24, 2.45) is 5.92 Å². The van der Waals surface area contributed by atoms with Gasteiger partial charge in [-0.15, -0.1) is 0 Å². The van der Waals surface area contributed by atoms with Crippen molar-refractivity contribution < 1.29 is 13.5 Å². The van der Waals surface area contributed by atoms with Crippen LogP contribution in [0.1, 0.15) is 25.3 Å². The third-order valence-corrected chi connectivity index (χ3v) is 5.32. The fraction of sp³-hybridized carbons (Fsp3) is 0.600. The van der Waals surface area contributed by atoms with E-state index in [1.165, 1.54) is 4.31 Å². The quantitative estimate of drug-likeness (QED) is 0.828. The summed E-state index contributed by atoms with van der Waals surface area (Å²) in [6.07, 6.45) is 1.70. The van der Waals surface area contributed by atoms with Crippen molar-refractivity contribution in [3.8, 4) is 0 Å². The molecule has 0 radical (unpaired) electrons. The summed E-state index contributed by atoms with van der Waals surface area (Å²) in [6, 6.07) is 9.56. The highest BCUT2D eigenvalue weighted by molar-refractivity contribution is 7.87. The average molecular weight is 312 g/mol. The number of nitrogens with one attached hydrogen (secondary N) is 1. The van der Waals surface area contributed by atoms with Crippen LogP contribution in [0.5, 0.6) is 0 Å². The maximum absolute atomic E-state index is 12.2. The second kappa shape index (κ2) is 7.35. The van der Waals surface area contributed by atoms with Gasteiger partial charge >= 0.3 is 0 Å². The fourth-order valence-corrected chi connectivity index (χ4v) is 4.02. The number of hydrogen-bond donors (Lipinski definition) is 2. The number of hydrogen-bond acceptors (Lipinski definition) is 3. The zero-order valence-electron chi connectivity index (χ0n) is 12.4. The molecule has 0 amide bonds. The van der Waals surface area contributed by atoms with E-state index >= 15 is 0 Å². The van der Waals surface area contributed by atoms with Crippen LogP contribution in [0.4, 0.5) is 0 Å². The molecule has 0 saturated carbocycles. The minimum absolute atomic E-state index is 0.0438. The van der Waals surface area contributed by atoms with Crippen molar-refractivity contribution in [1.82, 2.24) is 9.03 Å². The van der Waals surface area contributed by atoms with Crippen molar-refractivity contribution in [1.29, 1.82) is 0 Å². The topological polar surface area (TPSA) is 69.6 Å². The molecule has 1 heterocycles. The Morgan fingerprint density at radius 1 is 1.38 bits per heavy atom. The predicted molar refractivity (Wildman–Crippen MR) is 83.0 cm³/mol. The second-order valence-electron chi connectivity index (χ2n) is 5.80. The highest BCUT2D eigenvalue weighted by atomic mass is 32.2. The minimum Gasteiger partial charge on any atom is -0.391 e. The number of rotatable bonds is 6. The highest BCUT2D eigenvalue weighted by Gasteiger charge is 2.27. The second-order valence-corrected chi connectivity index (χ2v) is 7.56. The molecule has 1 saturated heterocycles. The van der Waals surface area contributed by atoms with Gasteiger partial charge in [-0.1, -0.05) is 37.3 Å². The van der Waals surface area contributed by atoms with Gasteiger partial charge in [-0.25, -0.2) is 0 Å². The molecule has 6 heteroatoms. The van der Waals surface area contributed by atoms with Gasteiger partial charge in [0.05, 0.1) is 6.10 Å². The Hall–Kier alpha value is -0.950. The van der Waals surface area contributed by atoms with Gasteiger partial charge in [0, 0.05) is 19.6 Å². The van der Waals surface area contributed by atoms with Crippen molar-refractivity contribution in [2.75, 3.05) is 19.6 Å². The molecule has 0 aromatic heterocycles. The standard InChI is InChI=1S/C15H24N2O3S/c1-13-6-5-9-17(12-13)21(19,20)16-11-15(18)10-14-7-3-2-4-8-14/h2-4,7-8,13,15-16,18H,5-6,9-12H2,1H3/t13-,15+/m1/s1. The molecule has 0 unspecified atom stereocenters. The summed E-state index contributed by atoms with van der Waals surface area (Å²) in [6.45, 7) is 3.23. The van der Waals surface area contributed by atoms with Crippen LogP contribution in [0.15, 0.2) is 30.3 Å². The predicted octanol–water partition coefficient (Wildman–Crippen LogP) is 1.16. The molecule has 1 aromatic rings. The van der Waals surface area contributed by atoms with E-state index in [0.717, 1.165) is 18.4 Å². The Bertz CT molecular complexity index is 533. The van der Waals surface area contributed by atoms with E-state index in [4.69, 9.17) is 0 Å². The van der Waals surface area contributed by atoms with Crippen LogP contribution in [-0.2, 0) is 16.6 Å². The van der Waals surface area contributed by atoms with Crippen molar-refractivity contribution in [3.05, 3.63) is 35.9 Å². The molecule has 1 fully saturated rings. The smallest absolute Gasteiger partial charge is 0.279 e. The minimum atomic E-state index is -3.48. The maximum atomic E-state index is 12.2. The lowest BCUT2D eigenvalue weighted by Crippen LogP contribution is -2.47. The van der Waals surface area contributed by atoms with E-state index in [0.29, 0.717) is 25.4 Å². The molecule has 0 aliphatic carbocycles. The van der Waals surface area contributed by atoms with Crippen molar-refractivity contribution in [3.63, 3.8) is 0 Å². The Kier molecular flexibility index (Phi) is 5.75. The van der Waals surface area contributed by atoms with Crippen LogP contribution in [-0.4, -0.2) is 43.6 Å². The Labute approximate surface area is 127 Å². The molecule has 0 bridgehead atoms. The fourth-order valence-electron chi connectivity index (χ4n) is 2.62. The van der Waals surface area contributed by atoms with Crippen LogP contribution < -0.4 is 4.72 Å². The number of aliphatic hydroxyl groups is 1. The van der Waals surface area contributed by atoms with Gasteiger partial charge in [0.2, 0.25) is 0 Å². The van der Waals surface area contributed by atoms with E-state index in [1.807, 2.05) is 30.3 Å². The molecule has 2 rings (SSSR count). The summed E-state index contributed by atoms with van der Waals surface area (Å²) in [5.41, 5.74) is 0.996. The van der Waals surface area contributed by atoms with Gasteiger partial charge in [0.1, 0.15) is 0 Å². The summed E-state index contributed by atoms with van der Waals surface area (Å²) in [7, 11) is -3.48. The molecule has 118 valence electrons. The van der Waals surface area contributed by atoms with E-state index in [1.54, 1.807) is 0 Å². The first-order valence-electron chi connectivity index (χ1n) is 7.44. The molecule has 1 aliphatic heterocycles. The van der Waals surface area contributed by atoms with Gasteiger partial charge in [-0.3, -0.25) is 0 Å². The summed E-state index contributed by atoms with van der Waals surface area (Å²) < 4.78 is 28.4. The zero-order chi connectivity index (χ0) is 15.3. The van der Waals surface area contributed by atoms with Crippen LogP contribution in [0.3, 0.4) is 0 Å². The Morgan fingerprint density at radius 2 is 2.10 bits per heavy atom. The summed E-state index contributed by atoms with van der Waals surface area (Å²) in [5, 5.41) is 9.97. The summed E-state index contributed by atoms with van der Waals surface area (Å²) in [4.78, 5) is 0. The first-order valence-corrected chi connectivity index (χ1v) is 8.88. The van der Waals surface area contributed by atoms with E-state index in [2.05, 4.69) is 11.6 Å². The van der Waals surface area contributed by atoms with Crippen LogP contribution in [0.2, 0.25) is 0 Å². The largest absolute Gasteiger partial charge is 0.391 e. The van der Waals surface area contributed by atoms with E-state index < -0.39 is 16.3 Å². The Morgan fingerprint density at radius 3 is 2.76 bits per heavy atom. The summed E-state index contributed by atoms with van der Waals surface area (Å²) >= 11 is 0. The van der Waals surface area contributed by atoms with Gasteiger partial charge in [0.15, 0.2) is 0 Å². The molecule has 2 N–H and O–H groups in total. The SMILES string of the molecule is C[C@@H]1CCCN(S(=O)(=O)NC[C@@H](O)Cc2ccccc2)C1. The lowest BCUT2D eigenvalue weighted by atomic mass is 10.0. The molecular weight excluding hydrogens is 288 g/mol. The number of piperidine rings is 1. The number of benzene rings is 1. The highest BCUT2D eigenvalue weighted by Crippen LogP contribution is 2.17. The third-order valence-electron chi connectivity index (χ3n) is 3.78. The normalized spacial score (nSPS) is 22.1. The van der Waals surface area contributed by atoms with Gasteiger partial charge < -0.3 is 5.11 Å². The Balaban J connectivity index is 1.83. The van der Waals surface area contributed by atoms with E-state index in [-0.39, 0.29) is 6.54 Å². The first-order chi connectivity index (χ1) is 9.97. The first kappa shape index (κ1) is 16.4. The van der Waals surface area contributed by atoms with Crippen LogP contribution in [0.25, 0.3) is 0 Å². The monoisotopic (exact) mass is 312 g/mol. The molecule has 1 aliphatic rings. The van der Waals surface area contributed by atoms with Crippen molar-refractivity contribution in [2.45, 2.75) is 32.3 Å². The molecule has 1 aromatic carbocycles. The van der Waals surface area contributed by atoms with E-state index in [9.17, 15) is 13.5 Å². The molecule has 5 nitrogen and oxygen atoms in total. The van der Waals surface area contributed by atoms with Gasteiger partial charge in [-0.2, -0.15) is 17.4 Å². The third kappa shape index (κ3) is 5.07. The van der Waals surface area contributed by atoms with Crippen molar-refractivity contribution >= 4 is 10.2 Å². The lowest BCUT2D eigenvalue weighted by molar-refractivity contribution is 0.177. The van der Waals surface area contributed by atoms with Crippen LogP contribution >= 0.6 is 0 Å². The maximum Gasteiger partial charge on any atom is 0.279 e. The van der Waals surface area contributed by atoms with Gasteiger partial charge in [0.25, 0.3) is 10.2 Å². The lowest BCUT2D eigenvalue weighted by Gasteiger charge is -2.30. The number of nitrogens with zero attached hydrogens (tertiary/aromatic N) is 1. The number of aliphatic hydroxyl groups excluding tert-OH is 1. The molecule has 2 atom stereocenters. The van der Waals surface area contributed by atoms with Gasteiger partial charge in [-0.05, 0) is 30.7 Å². The zero-order valence-corrected chi connectivity index (χ0v) is 13.2. The molecule has 21 heavy (non-hydrogen) atoms.